The second-order valence-electron chi connectivity index (χ2n) is 8.07. The highest BCUT2D eigenvalue weighted by Gasteiger charge is 2.59. The minimum absolute atomic E-state index is 0.255. The third-order valence-electron chi connectivity index (χ3n) is 5.68. The zero-order valence-corrected chi connectivity index (χ0v) is 17.9. The van der Waals surface area contributed by atoms with Crippen LogP contribution in [-0.4, -0.2) is 43.6 Å². The summed E-state index contributed by atoms with van der Waals surface area (Å²) in [6.07, 6.45) is 12.4. The van der Waals surface area contributed by atoms with Crippen molar-refractivity contribution in [3.8, 4) is 0 Å². The molecule has 6 heteroatoms. The van der Waals surface area contributed by atoms with Gasteiger partial charge in [0, 0.05) is 0 Å². The van der Waals surface area contributed by atoms with Gasteiger partial charge < -0.3 is 20.4 Å². The molecule has 0 spiro atoms. The molecule has 4 N–H and O–H groups in total. The number of rotatable bonds is 19. The van der Waals surface area contributed by atoms with Gasteiger partial charge in [0.1, 0.15) is 0 Å². The molecule has 0 fully saturated rings. The highest BCUT2D eigenvalue weighted by atomic mass is 16.5. The summed E-state index contributed by atoms with van der Waals surface area (Å²) in [6, 6.07) is 0. The third kappa shape index (κ3) is 8.91. The minimum atomic E-state index is -2.66. The van der Waals surface area contributed by atoms with Crippen LogP contribution in [0.25, 0.3) is 0 Å². The van der Waals surface area contributed by atoms with Gasteiger partial charge in [-0.2, -0.15) is 0 Å². The molecule has 28 heavy (non-hydrogen) atoms. The van der Waals surface area contributed by atoms with Gasteiger partial charge in [0.25, 0.3) is 0 Å². The lowest BCUT2D eigenvalue weighted by Crippen LogP contribution is -2.63. The molecular weight excluding hydrogens is 360 g/mol. The summed E-state index contributed by atoms with van der Waals surface area (Å²) >= 11 is 0. The van der Waals surface area contributed by atoms with Gasteiger partial charge in [0.15, 0.2) is 0 Å². The van der Waals surface area contributed by atoms with Crippen molar-refractivity contribution in [1.29, 1.82) is 0 Å². The van der Waals surface area contributed by atoms with Crippen LogP contribution in [0.4, 0.5) is 0 Å². The number of carboxylic acid groups (broad SMARTS) is 2. The van der Waals surface area contributed by atoms with Crippen molar-refractivity contribution in [2.75, 3.05) is 0 Å². The molecule has 0 aliphatic heterocycles. The summed E-state index contributed by atoms with van der Waals surface area (Å²) in [5, 5.41) is 40.4. The van der Waals surface area contributed by atoms with Crippen molar-refractivity contribution in [3.05, 3.63) is 0 Å². The molecular formula is C22H42O6. The van der Waals surface area contributed by atoms with Crippen LogP contribution in [0.3, 0.4) is 0 Å². The van der Waals surface area contributed by atoms with E-state index in [0.29, 0.717) is 25.7 Å². The molecule has 0 saturated carbocycles. The first-order valence-electron chi connectivity index (χ1n) is 11.2. The van der Waals surface area contributed by atoms with Crippen LogP contribution in [0.15, 0.2) is 0 Å². The maximum Gasteiger partial charge on any atom is 0.339 e. The number of hydrogen-bond acceptors (Lipinski definition) is 4. The molecule has 0 amide bonds. The minimum Gasteiger partial charge on any atom is -0.479 e. The summed E-state index contributed by atoms with van der Waals surface area (Å²) in [7, 11) is 0. The molecule has 166 valence electrons. The summed E-state index contributed by atoms with van der Waals surface area (Å²) in [5.41, 5.74) is -5.32. The third-order valence-corrected chi connectivity index (χ3v) is 5.68. The van der Waals surface area contributed by atoms with E-state index in [1.165, 1.54) is 0 Å². The second kappa shape index (κ2) is 14.8. The Balaban J connectivity index is 4.67. The van der Waals surface area contributed by atoms with Gasteiger partial charge in [-0.3, -0.25) is 0 Å². The van der Waals surface area contributed by atoms with E-state index in [1.54, 1.807) is 0 Å². The molecule has 2 atom stereocenters. The largest absolute Gasteiger partial charge is 0.479 e. The fourth-order valence-corrected chi connectivity index (χ4v) is 3.66. The highest BCUT2D eigenvalue weighted by Crippen LogP contribution is 2.34. The average Bonchev–Trinajstić information content (AvgIpc) is 2.65. The molecule has 0 aromatic carbocycles. The Hall–Kier alpha value is -1.14. The molecule has 0 aliphatic rings. The maximum atomic E-state index is 11.7. The van der Waals surface area contributed by atoms with Crippen molar-refractivity contribution in [1.82, 2.24) is 0 Å². The van der Waals surface area contributed by atoms with Gasteiger partial charge in [-0.05, 0) is 25.7 Å². The molecule has 0 rings (SSSR count). The predicted molar refractivity (Wildman–Crippen MR) is 110 cm³/mol. The first kappa shape index (κ1) is 26.9. The zero-order chi connectivity index (χ0) is 21.5. The summed E-state index contributed by atoms with van der Waals surface area (Å²) in [6.45, 7) is 4.26. The molecule has 2 unspecified atom stereocenters. The second-order valence-corrected chi connectivity index (χ2v) is 8.07. The van der Waals surface area contributed by atoms with Crippen LogP contribution in [-0.2, 0) is 9.59 Å². The molecule has 6 nitrogen and oxygen atoms in total. The SMILES string of the molecule is CCCCCCCCCC(O)(C(=O)O)C(O)(CCCCCCCCC)C(=O)O. The molecule has 0 aliphatic carbocycles. The number of aliphatic hydroxyl groups is 2. The lowest BCUT2D eigenvalue weighted by atomic mass is 9.75. The van der Waals surface area contributed by atoms with Crippen LogP contribution in [0, 0.1) is 0 Å². The Morgan fingerprint density at radius 3 is 1.04 bits per heavy atom. The van der Waals surface area contributed by atoms with E-state index in [9.17, 15) is 30.0 Å². The molecule has 0 aromatic rings. The van der Waals surface area contributed by atoms with Crippen LogP contribution in [0.5, 0.6) is 0 Å². The molecule has 0 aromatic heterocycles. The van der Waals surface area contributed by atoms with E-state index in [0.717, 1.165) is 64.2 Å². The van der Waals surface area contributed by atoms with E-state index in [-0.39, 0.29) is 12.8 Å². The van der Waals surface area contributed by atoms with Crippen LogP contribution >= 0.6 is 0 Å². The quantitative estimate of drug-likeness (QED) is 0.228. The van der Waals surface area contributed by atoms with Gasteiger partial charge in [-0.15, -0.1) is 0 Å². The van der Waals surface area contributed by atoms with Gasteiger partial charge in [-0.25, -0.2) is 9.59 Å². The number of aliphatic carboxylic acids is 2. The summed E-state index contributed by atoms with van der Waals surface area (Å²) in [4.78, 5) is 23.4. The fraction of sp³-hybridized carbons (Fsp3) is 0.909. The first-order valence-corrected chi connectivity index (χ1v) is 11.2. The van der Waals surface area contributed by atoms with Crippen LogP contribution in [0.2, 0.25) is 0 Å². The molecule has 0 bridgehead atoms. The predicted octanol–water partition coefficient (Wildman–Crippen LogP) is 4.90. The lowest BCUT2D eigenvalue weighted by Gasteiger charge is -2.37. The van der Waals surface area contributed by atoms with Gasteiger partial charge in [0.2, 0.25) is 11.2 Å². The molecule has 0 radical (unpaired) electrons. The molecule has 0 saturated heterocycles. The van der Waals surface area contributed by atoms with Crippen molar-refractivity contribution >= 4 is 11.9 Å². The average molecular weight is 403 g/mol. The topological polar surface area (TPSA) is 115 Å². The highest BCUT2D eigenvalue weighted by molar-refractivity contribution is 5.90. The van der Waals surface area contributed by atoms with E-state index >= 15 is 0 Å². The van der Waals surface area contributed by atoms with Crippen molar-refractivity contribution < 1.29 is 30.0 Å². The van der Waals surface area contributed by atoms with E-state index in [4.69, 9.17) is 0 Å². The summed E-state index contributed by atoms with van der Waals surface area (Å²) in [5.74, 6) is -3.32. The number of unbranched alkanes of at least 4 members (excludes halogenated alkanes) is 12. The Morgan fingerprint density at radius 1 is 0.536 bits per heavy atom. The summed E-state index contributed by atoms with van der Waals surface area (Å²) < 4.78 is 0. The van der Waals surface area contributed by atoms with Gasteiger partial charge >= 0.3 is 11.9 Å². The Bertz CT molecular complexity index is 399. The molecule has 0 heterocycles. The van der Waals surface area contributed by atoms with E-state index in [1.807, 2.05) is 0 Å². The van der Waals surface area contributed by atoms with E-state index < -0.39 is 23.1 Å². The Morgan fingerprint density at radius 2 is 0.786 bits per heavy atom. The van der Waals surface area contributed by atoms with Crippen LogP contribution < -0.4 is 0 Å². The smallest absolute Gasteiger partial charge is 0.339 e. The van der Waals surface area contributed by atoms with E-state index in [2.05, 4.69) is 13.8 Å². The fourth-order valence-electron chi connectivity index (χ4n) is 3.66. The Labute approximate surface area is 170 Å². The zero-order valence-electron chi connectivity index (χ0n) is 17.9. The number of hydrogen-bond donors (Lipinski definition) is 4. The monoisotopic (exact) mass is 402 g/mol. The first-order chi connectivity index (χ1) is 13.3. The van der Waals surface area contributed by atoms with Crippen molar-refractivity contribution in [3.63, 3.8) is 0 Å². The van der Waals surface area contributed by atoms with Gasteiger partial charge in [-0.1, -0.05) is 90.9 Å². The Kier molecular flexibility index (Phi) is 14.2. The van der Waals surface area contributed by atoms with Gasteiger partial charge in [0.05, 0.1) is 0 Å². The normalized spacial score (nSPS) is 15.7. The lowest BCUT2D eigenvalue weighted by molar-refractivity contribution is -0.210. The number of carbonyl (C=O) groups is 2. The van der Waals surface area contributed by atoms with Crippen molar-refractivity contribution in [2.45, 2.75) is 128 Å². The standard InChI is InChI=1S/C22H42O6/c1-3-5-7-9-11-13-15-17-21(27,19(23)24)22(28,20(25)26)18-16-14-12-10-8-6-4-2/h27-28H,3-18H2,1-2H3,(H,23,24)(H,25,26). The number of carboxylic acids is 2. The van der Waals surface area contributed by atoms with Crippen molar-refractivity contribution in [2.24, 2.45) is 0 Å². The maximum absolute atomic E-state index is 11.7. The van der Waals surface area contributed by atoms with Crippen LogP contribution in [0.1, 0.15) is 117 Å².